The molecule has 0 spiro atoms. The fourth-order valence-corrected chi connectivity index (χ4v) is 4.64. The average Bonchev–Trinajstić information content (AvgIpc) is 2.80. The van der Waals surface area contributed by atoms with Crippen molar-refractivity contribution in [3.05, 3.63) is 56.6 Å². The first-order valence-corrected chi connectivity index (χ1v) is 12.1. The number of allylic oxidation sites excluding steroid dienone is 1. The Kier molecular flexibility index (Phi) is 9.25. The number of nitrogens with one attached hydrogen (secondary N) is 1. The van der Waals surface area contributed by atoms with E-state index in [9.17, 15) is 27.2 Å². The first-order chi connectivity index (χ1) is 17.0. The number of alkyl halides is 4. The van der Waals surface area contributed by atoms with Crippen LogP contribution in [0.1, 0.15) is 17.0 Å². The van der Waals surface area contributed by atoms with Crippen LogP contribution in [-0.2, 0) is 30.0 Å². The number of rotatable bonds is 9. The number of hydrogen-bond donors (Lipinski definition) is 2. The highest BCUT2D eigenvalue weighted by molar-refractivity contribution is 8.00. The van der Waals surface area contributed by atoms with Crippen molar-refractivity contribution in [1.29, 1.82) is 0 Å². The summed E-state index contributed by atoms with van der Waals surface area (Å²) >= 11 is 7.30. The maximum Gasteiger partial charge on any atom is 0.418 e. The van der Waals surface area contributed by atoms with Gasteiger partial charge in [0, 0.05) is 23.6 Å². The Morgan fingerprint density at radius 3 is 2.39 bits per heavy atom. The molecule has 2 aliphatic rings. The Labute approximate surface area is 212 Å². The van der Waals surface area contributed by atoms with Crippen molar-refractivity contribution in [3.8, 4) is 0 Å². The van der Waals surface area contributed by atoms with Gasteiger partial charge in [0.2, 0.25) is 0 Å². The maximum atomic E-state index is 15.3. The Hall–Kier alpha value is -2.35. The minimum absolute atomic E-state index is 0.0186. The Bertz CT molecular complexity index is 1090. The van der Waals surface area contributed by atoms with E-state index >= 15 is 4.39 Å². The molecule has 36 heavy (non-hydrogen) atoms. The van der Waals surface area contributed by atoms with Crippen molar-refractivity contribution >= 4 is 35.3 Å². The summed E-state index contributed by atoms with van der Waals surface area (Å²) < 4.78 is 87.2. The van der Waals surface area contributed by atoms with E-state index in [1.165, 1.54) is 11.8 Å². The van der Waals surface area contributed by atoms with Gasteiger partial charge >= 0.3 is 18.1 Å². The second-order valence-corrected chi connectivity index (χ2v) is 9.17. The number of benzene rings is 1. The van der Waals surface area contributed by atoms with Gasteiger partial charge in [-0.15, -0.1) is 0 Å². The normalized spacial score (nSPS) is 18.6. The number of dihydropyridines is 1. The molecule has 14 heteroatoms. The van der Waals surface area contributed by atoms with Crippen molar-refractivity contribution in [2.45, 2.75) is 18.2 Å². The molecule has 1 fully saturated rings. The van der Waals surface area contributed by atoms with Crippen LogP contribution in [0.2, 0.25) is 5.02 Å². The summed E-state index contributed by atoms with van der Waals surface area (Å²) in [5.74, 6) is -5.04. The molecule has 198 valence electrons. The van der Waals surface area contributed by atoms with E-state index in [4.69, 9.17) is 26.8 Å². The van der Waals surface area contributed by atoms with E-state index in [2.05, 4.69) is 10.1 Å². The predicted molar refractivity (Wildman–Crippen MR) is 121 cm³/mol. The summed E-state index contributed by atoms with van der Waals surface area (Å²) in [6.07, 6.45) is -5.76. The molecule has 0 bridgehead atoms. The summed E-state index contributed by atoms with van der Waals surface area (Å²) in [6, 6.07) is 1.36. The smallest absolute Gasteiger partial charge is 0.418 e. The minimum Gasteiger partial charge on any atom is -0.466 e. The van der Waals surface area contributed by atoms with E-state index in [-0.39, 0.29) is 18.8 Å². The molecule has 0 aromatic heterocycles. The van der Waals surface area contributed by atoms with Crippen molar-refractivity contribution in [2.75, 3.05) is 45.0 Å². The van der Waals surface area contributed by atoms with Crippen molar-refractivity contribution < 1.29 is 45.8 Å². The number of nitrogens with two attached hydrogens (primary N) is 1. The van der Waals surface area contributed by atoms with E-state index in [1.807, 2.05) is 0 Å². The third kappa shape index (κ3) is 5.79. The summed E-state index contributed by atoms with van der Waals surface area (Å²) in [4.78, 5) is 26.1. The zero-order valence-corrected chi connectivity index (χ0v) is 20.4. The summed E-state index contributed by atoms with van der Waals surface area (Å²) in [5.41, 5.74) is 0.613. The highest BCUT2D eigenvalue weighted by Gasteiger charge is 2.47. The third-order valence-corrected chi connectivity index (χ3v) is 6.92. The molecule has 3 N–H and O–H groups in total. The Balaban J connectivity index is 2.35. The van der Waals surface area contributed by atoms with Gasteiger partial charge in [-0.05, 0) is 12.1 Å². The molecule has 1 atom stereocenters. The van der Waals surface area contributed by atoms with Crippen LogP contribution in [0.5, 0.6) is 0 Å². The standard InChI is InChI=1S/C22H22ClF5N2O5S/c1-33-20(31)16-13(6-24)30-14(7-34-5-4-29)17(21(32)35-10-8-36-9-10)18(16)15-12(25)3-2-11(23)19(15)22(26,27)28/h2-3,10,18,30H,4-9,29H2,1H3. The monoisotopic (exact) mass is 556 g/mol. The quantitative estimate of drug-likeness (QED) is 0.271. The molecule has 1 unspecified atom stereocenters. The molecule has 1 aromatic rings. The van der Waals surface area contributed by atoms with Crippen LogP contribution in [-0.4, -0.2) is 63.1 Å². The van der Waals surface area contributed by atoms with Crippen LogP contribution in [0.3, 0.4) is 0 Å². The van der Waals surface area contributed by atoms with Gasteiger partial charge in [-0.25, -0.2) is 18.4 Å². The van der Waals surface area contributed by atoms with Crippen LogP contribution >= 0.6 is 23.4 Å². The van der Waals surface area contributed by atoms with Gasteiger partial charge in [0.1, 0.15) is 18.6 Å². The molecule has 0 saturated carbocycles. The lowest BCUT2D eigenvalue weighted by Crippen LogP contribution is -2.39. The molecule has 1 saturated heterocycles. The van der Waals surface area contributed by atoms with Crippen LogP contribution in [0.25, 0.3) is 0 Å². The summed E-state index contributed by atoms with van der Waals surface area (Å²) in [6.45, 7) is -1.78. The van der Waals surface area contributed by atoms with Crippen molar-refractivity contribution in [2.24, 2.45) is 5.73 Å². The Morgan fingerprint density at radius 1 is 1.19 bits per heavy atom. The maximum absolute atomic E-state index is 15.3. The number of thioether (sulfide) groups is 1. The zero-order chi connectivity index (χ0) is 26.6. The number of ether oxygens (including phenoxy) is 3. The number of hydrogen-bond acceptors (Lipinski definition) is 8. The van der Waals surface area contributed by atoms with E-state index < -0.39 is 82.2 Å². The highest BCUT2D eigenvalue weighted by atomic mass is 35.5. The van der Waals surface area contributed by atoms with Crippen molar-refractivity contribution in [1.82, 2.24) is 5.32 Å². The molecular formula is C22H22ClF5N2O5S. The molecular weight excluding hydrogens is 535 g/mol. The SMILES string of the molecule is COC(=O)C1=C(CF)NC(COCCN)=C(C(=O)OC2CSC2)C1c1c(F)ccc(Cl)c1C(F)(F)F. The minimum atomic E-state index is -5.20. The van der Waals surface area contributed by atoms with E-state index in [1.54, 1.807) is 0 Å². The van der Waals surface area contributed by atoms with Gasteiger partial charge < -0.3 is 25.3 Å². The van der Waals surface area contributed by atoms with Crippen LogP contribution < -0.4 is 11.1 Å². The third-order valence-electron chi connectivity index (χ3n) is 5.39. The fraction of sp³-hybridized carbons (Fsp3) is 0.455. The summed E-state index contributed by atoms with van der Waals surface area (Å²) in [7, 11) is 0.911. The molecule has 2 aliphatic heterocycles. The second-order valence-electron chi connectivity index (χ2n) is 7.69. The van der Waals surface area contributed by atoms with E-state index in [0.29, 0.717) is 23.6 Å². The van der Waals surface area contributed by atoms with Crippen LogP contribution in [0.15, 0.2) is 34.7 Å². The summed E-state index contributed by atoms with van der Waals surface area (Å²) in [5, 5.41) is 1.65. The highest BCUT2D eigenvalue weighted by Crippen LogP contribution is 2.48. The molecule has 2 heterocycles. The first-order valence-electron chi connectivity index (χ1n) is 10.5. The van der Waals surface area contributed by atoms with Crippen molar-refractivity contribution in [3.63, 3.8) is 0 Å². The van der Waals surface area contributed by atoms with Gasteiger partial charge in [0.25, 0.3) is 0 Å². The zero-order valence-electron chi connectivity index (χ0n) is 18.8. The van der Waals surface area contributed by atoms with Gasteiger partial charge in [-0.2, -0.15) is 24.9 Å². The Morgan fingerprint density at radius 2 is 1.86 bits per heavy atom. The van der Waals surface area contributed by atoms with Gasteiger partial charge in [-0.1, -0.05) is 11.6 Å². The molecule has 0 aliphatic carbocycles. The number of esters is 2. The second kappa shape index (κ2) is 11.8. The van der Waals surface area contributed by atoms with Gasteiger partial charge in [0.15, 0.2) is 0 Å². The molecule has 3 rings (SSSR count). The largest absolute Gasteiger partial charge is 0.466 e. The number of methoxy groups -OCH3 is 1. The molecule has 1 aromatic carbocycles. The molecule has 7 nitrogen and oxygen atoms in total. The lowest BCUT2D eigenvalue weighted by molar-refractivity contribution is -0.144. The fourth-order valence-electron chi connectivity index (χ4n) is 3.80. The number of carbonyl (C=O) groups excluding carboxylic acids is 2. The number of halogens is 6. The molecule has 0 radical (unpaired) electrons. The van der Waals surface area contributed by atoms with Gasteiger partial charge in [-0.3, -0.25) is 0 Å². The predicted octanol–water partition coefficient (Wildman–Crippen LogP) is 3.47. The first kappa shape index (κ1) is 28.2. The van der Waals surface area contributed by atoms with Crippen LogP contribution in [0.4, 0.5) is 22.0 Å². The molecule has 0 amide bonds. The van der Waals surface area contributed by atoms with Crippen LogP contribution in [0, 0.1) is 5.82 Å². The topological polar surface area (TPSA) is 99.9 Å². The van der Waals surface area contributed by atoms with E-state index in [0.717, 1.165) is 7.11 Å². The lowest BCUT2D eigenvalue weighted by Gasteiger charge is -2.34. The van der Waals surface area contributed by atoms with Gasteiger partial charge in [0.05, 0.1) is 59.4 Å². The lowest BCUT2D eigenvalue weighted by atomic mass is 9.78. The number of carbonyl (C=O) groups is 2. The average molecular weight is 557 g/mol.